The van der Waals surface area contributed by atoms with Crippen LogP contribution in [0.1, 0.15) is 35.3 Å². The maximum atomic E-state index is 10.8. The Bertz CT molecular complexity index is 387. The minimum Gasteiger partial charge on any atom is -0.478 e. The van der Waals surface area contributed by atoms with Crippen molar-refractivity contribution in [1.82, 2.24) is 9.88 Å². The van der Waals surface area contributed by atoms with E-state index >= 15 is 0 Å². The van der Waals surface area contributed by atoms with Gasteiger partial charge in [-0.2, -0.15) is 0 Å². The first-order valence-corrected chi connectivity index (χ1v) is 6.16. The van der Waals surface area contributed by atoms with Gasteiger partial charge in [0.05, 0.1) is 5.56 Å². The Labute approximate surface area is 101 Å². The molecule has 0 amide bonds. The largest absolute Gasteiger partial charge is 0.478 e. The van der Waals surface area contributed by atoms with Crippen LogP contribution in [-0.2, 0) is 6.42 Å². The van der Waals surface area contributed by atoms with E-state index in [0.29, 0.717) is 5.56 Å². The summed E-state index contributed by atoms with van der Waals surface area (Å²) >= 11 is 0. The van der Waals surface area contributed by atoms with Crippen LogP contribution in [0.3, 0.4) is 0 Å². The Morgan fingerprint density at radius 3 is 2.82 bits per heavy atom. The molecule has 0 unspecified atom stereocenters. The number of likely N-dealkylation sites (tertiary alicyclic amines) is 1. The molecule has 1 saturated heterocycles. The molecule has 0 atom stereocenters. The van der Waals surface area contributed by atoms with Crippen LogP contribution < -0.4 is 0 Å². The third-order valence-corrected chi connectivity index (χ3v) is 3.20. The number of aromatic carboxylic acids is 1. The number of piperidine rings is 1. The van der Waals surface area contributed by atoms with Crippen molar-refractivity contribution in [3.63, 3.8) is 0 Å². The van der Waals surface area contributed by atoms with Crippen molar-refractivity contribution >= 4 is 5.97 Å². The van der Waals surface area contributed by atoms with Gasteiger partial charge in [0.25, 0.3) is 0 Å². The van der Waals surface area contributed by atoms with E-state index in [9.17, 15) is 4.79 Å². The molecule has 0 radical (unpaired) electrons. The predicted molar refractivity (Wildman–Crippen MR) is 65.2 cm³/mol. The Balaban J connectivity index is 1.89. The van der Waals surface area contributed by atoms with E-state index in [1.54, 1.807) is 12.3 Å². The molecule has 1 fully saturated rings. The maximum Gasteiger partial charge on any atom is 0.335 e. The van der Waals surface area contributed by atoms with E-state index in [4.69, 9.17) is 5.11 Å². The monoisotopic (exact) mass is 234 g/mol. The summed E-state index contributed by atoms with van der Waals surface area (Å²) in [5.41, 5.74) is 1.20. The fourth-order valence-electron chi connectivity index (χ4n) is 2.20. The molecule has 4 heteroatoms. The van der Waals surface area contributed by atoms with Crippen molar-refractivity contribution in [3.8, 4) is 0 Å². The molecule has 17 heavy (non-hydrogen) atoms. The first kappa shape index (κ1) is 12.0. The first-order valence-electron chi connectivity index (χ1n) is 6.16. The zero-order valence-corrected chi connectivity index (χ0v) is 9.93. The molecule has 1 aliphatic rings. The van der Waals surface area contributed by atoms with Crippen LogP contribution in [0.4, 0.5) is 0 Å². The molecular weight excluding hydrogens is 216 g/mol. The summed E-state index contributed by atoms with van der Waals surface area (Å²) in [6, 6.07) is 3.21. The highest BCUT2D eigenvalue weighted by Crippen LogP contribution is 2.10. The molecule has 92 valence electrons. The van der Waals surface area contributed by atoms with Gasteiger partial charge in [-0.05, 0) is 38.1 Å². The van der Waals surface area contributed by atoms with Crippen molar-refractivity contribution in [3.05, 3.63) is 29.6 Å². The van der Waals surface area contributed by atoms with Gasteiger partial charge >= 0.3 is 5.97 Å². The number of carbonyl (C=O) groups is 1. The molecule has 2 rings (SSSR count). The van der Waals surface area contributed by atoms with Crippen molar-refractivity contribution in [2.24, 2.45) is 0 Å². The molecule has 1 aliphatic heterocycles. The highest BCUT2D eigenvalue weighted by atomic mass is 16.4. The van der Waals surface area contributed by atoms with Gasteiger partial charge in [0, 0.05) is 24.9 Å². The summed E-state index contributed by atoms with van der Waals surface area (Å²) < 4.78 is 0. The Hall–Kier alpha value is -1.42. The van der Waals surface area contributed by atoms with Crippen LogP contribution in [-0.4, -0.2) is 40.6 Å². The Morgan fingerprint density at radius 1 is 1.35 bits per heavy atom. The molecule has 0 bridgehead atoms. The first-order chi connectivity index (χ1) is 8.25. The summed E-state index contributed by atoms with van der Waals surface area (Å²) in [4.78, 5) is 17.5. The lowest BCUT2D eigenvalue weighted by atomic mass is 10.1. The fraction of sp³-hybridized carbons (Fsp3) is 0.538. The zero-order valence-electron chi connectivity index (χ0n) is 9.93. The normalized spacial score (nSPS) is 16.9. The summed E-state index contributed by atoms with van der Waals surface area (Å²) in [6.07, 6.45) is 6.31. The topological polar surface area (TPSA) is 53.4 Å². The van der Waals surface area contributed by atoms with E-state index in [1.165, 1.54) is 38.4 Å². The third-order valence-electron chi connectivity index (χ3n) is 3.20. The van der Waals surface area contributed by atoms with E-state index in [-0.39, 0.29) is 0 Å². The number of carboxylic acid groups (broad SMARTS) is 1. The molecule has 2 heterocycles. The number of rotatable bonds is 4. The Kier molecular flexibility index (Phi) is 4.09. The minimum atomic E-state index is -0.883. The van der Waals surface area contributed by atoms with Crippen LogP contribution in [0.15, 0.2) is 18.3 Å². The standard InChI is InChI=1S/C13H18N2O2/c16-13(17)11-4-6-14-12(10-11)5-9-15-7-2-1-3-8-15/h4,6,10H,1-3,5,7-9H2,(H,16,17). The van der Waals surface area contributed by atoms with Crippen LogP contribution in [0.2, 0.25) is 0 Å². The van der Waals surface area contributed by atoms with Crippen LogP contribution in [0.25, 0.3) is 0 Å². The SMILES string of the molecule is O=C(O)c1ccnc(CCN2CCCCC2)c1. The lowest BCUT2D eigenvalue weighted by molar-refractivity contribution is 0.0696. The number of pyridine rings is 1. The van der Waals surface area contributed by atoms with E-state index in [2.05, 4.69) is 9.88 Å². The second-order valence-electron chi connectivity index (χ2n) is 4.49. The van der Waals surface area contributed by atoms with Crippen LogP contribution in [0.5, 0.6) is 0 Å². The average molecular weight is 234 g/mol. The number of nitrogens with zero attached hydrogens (tertiary/aromatic N) is 2. The third kappa shape index (κ3) is 3.53. The quantitative estimate of drug-likeness (QED) is 0.863. The number of hydrogen-bond acceptors (Lipinski definition) is 3. The number of aromatic nitrogens is 1. The Morgan fingerprint density at radius 2 is 2.12 bits per heavy atom. The fourth-order valence-corrected chi connectivity index (χ4v) is 2.20. The lowest BCUT2D eigenvalue weighted by Crippen LogP contribution is -2.31. The molecule has 0 aliphatic carbocycles. The second kappa shape index (κ2) is 5.77. The van der Waals surface area contributed by atoms with Crippen molar-refractivity contribution in [2.75, 3.05) is 19.6 Å². The zero-order chi connectivity index (χ0) is 12.1. The van der Waals surface area contributed by atoms with Gasteiger partial charge in [0.15, 0.2) is 0 Å². The molecule has 1 N–H and O–H groups in total. The molecular formula is C13H18N2O2. The van der Waals surface area contributed by atoms with Gasteiger partial charge in [0.2, 0.25) is 0 Å². The van der Waals surface area contributed by atoms with E-state index < -0.39 is 5.97 Å². The highest BCUT2D eigenvalue weighted by molar-refractivity contribution is 5.87. The lowest BCUT2D eigenvalue weighted by Gasteiger charge is -2.26. The van der Waals surface area contributed by atoms with Crippen LogP contribution in [0, 0.1) is 0 Å². The molecule has 1 aromatic rings. The van der Waals surface area contributed by atoms with Crippen molar-refractivity contribution < 1.29 is 9.90 Å². The number of hydrogen-bond donors (Lipinski definition) is 1. The molecule has 4 nitrogen and oxygen atoms in total. The van der Waals surface area contributed by atoms with Gasteiger partial charge in [-0.1, -0.05) is 6.42 Å². The van der Waals surface area contributed by atoms with Crippen molar-refractivity contribution in [2.45, 2.75) is 25.7 Å². The number of carboxylic acids is 1. The van der Waals surface area contributed by atoms with Gasteiger partial charge in [-0.15, -0.1) is 0 Å². The van der Waals surface area contributed by atoms with Gasteiger partial charge < -0.3 is 10.0 Å². The highest BCUT2D eigenvalue weighted by Gasteiger charge is 2.10. The van der Waals surface area contributed by atoms with Crippen LogP contribution >= 0.6 is 0 Å². The van der Waals surface area contributed by atoms with Gasteiger partial charge in [0.1, 0.15) is 0 Å². The summed E-state index contributed by atoms with van der Waals surface area (Å²) in [5, 5.41) is 8.89. The summed E-state index contributed by atoms with van der Waals surface area (Å²) in [7, 11) is 0. The minimum absolute atomic E-state index is 0.327. The van der Waals surface area contributed by atoms with E-state index in [0.717, 1.165) is 18.7 Å². The second-order valence-corrected chi connectivity index (χ2v) is 4.49. The summed E-state index contributed by atoms with van der Waals surface area (Å²) in [6.45, 7) is 3.31. The smallest absolute Gasteiger partial charge is 0.335 e. The van der Waals surface area contributed by atoms with Crippen molar-refractivity contribution in [1.29, 1.82) is 0 Å². The van der Waals surface area contributed by atoms with E-state index in [1.807, 2.05) is 0 Å². The summed E-state index contributed by atoms with van der Waals surface area (Å²) in [5.74, 6) is -0.883. The van der Waals surface area contributed by atoms with Gasteiger partial charge in [-0.3, -0.25) is 4.98 Å². The average Bonchev–Trinajstić information content (AvgIpc) is 2.38. The molecule has 0 aromatic carbocycles. The maximum absolute atomic E-state index is 10.8. The predicted octanol–water partition coefficient (Wildman–Crippen LogP) is 1.81. The van der Waals surface area contributed by atoms with Gasteiger partial charge in [-0.25, -0.2) is 4.79 Å². The molecule has 0 spiro atoms. The molecule has 1 aromatic heterocycles. The molecule has 0 saturated carbocycles.